The smallest absolute Gasteiger partial charge is 0.156 e. The van der Waals surface area contributed by atoms with Crippen molar-refractivity contribution < 1.29 is 14.3 Å². The summed E-state index contributed by atoms with van der Waals surface area (Å²) in [5, 5.41) is 11.4. The second-order valence-electron chi connectivity index (χ2n) is 9.59. The number of halogens is 1. The van der Waals surface area contributed by atoms with Crippen LogP contribution in [0.15, 0.2) is 47.1 Å². The monoisotopic (exact) mass is 390 g/mol. The van der Waals surface area contributed by atoms with Gasteiger partial charge in [0.1, 0.15) is 11.4 Å². The van der Waals surface area contributed by atoms with Gasteiger partial charge in [0, 0.05) is 17.8 Å². The Bertz CT molecular complexity index is 979. The molecular weight excluding hydrogens is 363 g/mol. The molecule has 0 unspecified atom stereocenters. The van der Waals surface area contributed by atoms with E-state index in [1.54, 1.807) is 0 Å². The second-order valence-corrected chi connectivity index (χ2v) is 9.59. The summed E-state index contributed by atoms with van der Waals surface area (Å²) in [6.45, 7) is 2.16. The Balaban J connectivity index is 1.70. The van der Waals surface area contributed by atoms with Crippen molar-refractivity contribution >= 4 is 5.78 Å². The summed E-state index contributed by atoms with van der Waals surface area (Å²) in [4.78, 5) is 12.0. The molecule has 2 nitrogen and oxygen atoms in total. The fraction of sp³-hybridized carbons (Fsp3) is 0.500. The van der Waals surface area contributed by atoms with Crippen LogP contribution < -0.4 is 0 Å². The van der Waals surface area contributed by atoms with Gasteiger partial charge in [0.25, 0.3) is 0 Å². The molecule has 0 radical (unpaired) electrons. The molecule has 0 spiro atoms. The summed E-state index contributed by atoms with van der Waals surface area (Å²) >= 11 is 0. The third-order valence-electron chi connectivity index (χ3n) is 8.40. The molecule has 1 N–H and O–H groups in total. The van der Waals surface area contributed by atoms with Crippen LogP contribution in [0.2, 0.25) is 0 Å². The van der Waals surface area contributed by atoms with E-state index in [0.717, 1.165) is 37.7 Å². The normalized spacial score (nSPS) is 38.6. The lowest BCUT2D eigenvalue weighted by Gasteiger charge is -2.53. The number of fused-ring (bicyclic) bond motifs is 4. The van der Waals surface area contributed by atoms with Crippen LogP contribution in [-0.4, -0.2) is 16.5 Å². The van der Waals surface area contributed by atoms with Crippen molar-refractivity contribution in [1.82, 2.24) is 0 Å². The van der Waals surface area contributed by atoms with E-state index in [0.29, 0.717) is 24.7 Å². The lowest BCUT2D eigenvalue weighted by atomic mass is 9.51. The van der Waals surface area contributed by atoms with E-state index in [1.807, 2.05) is 18.2 Å². The highest BCUT2D eigenvalue weighted by molar-refractivity contribution is 5.93. The van der Waals surface area contributed by atoms with Gasteiger partial charge in [-0.25, -0.2) is 4.39 Å². The quantitative estimate of drug-likeness (QED) is 0.678. The van der Waals surface area contributed by atoms with E-state index in [1.165, 1.54) is 28.9 Å². The first kappa shape index (κ1) is 18.8. The zero-order valence-electron chi connectivity index (χ0n) is 16.9. The molecule has 0 heterocycles. The molecule has 0 saturated heterocycles. The largest absolute Gasteiger partial charge is 0.377 e. The van der Waals surface area contributed by atoms with Crippen LogP contribution in [0.3, 0.4) is 0 Å². The highest BCUT2D eigenvalue weighted by Crippen LogP contribution is 2.66. The van der Waals surface area contributed by atoms with Gasteiger partial charge in [-0.2, -0.15) is 0 Å². The van der Waals surface area contributed by atoms with Crippen LogP contribution in [0, 0.1) is 35.4 Å². The van der Waals surface area contributed by atoms with Gasteiger partial charge in [0.15, 0.2) is 5.78 Å². The predicted octanol–water partition coefficient (Wildman–Crippen LogP) is 5.09. The Hall–Kier alpha value is -2.18. The summed E-state index contributed by atoms with van der Waals surface area (Å²) < 4.78 is 13.6. The number of carbonyl (C=O) groups is 1. The minimum absolute atomic E-state index is 0.103. The van der Waals surface area contributed by atoms with E-state index < -0.39 is 5.60 Å². The third-order valence-corrected chi connectivity index (χ3v) is 8.40. The lowest BCUT2D eigenvalue weighted by molar-refractivity contribution is -0.114. The SMILES string of the molecule is C#C[C@@]1(O)CC[C@H]2[C@@H]3CCC4=CC(=O)CCC4=C3[C@@H](c3ccc(F)cc3)C[C@]21C. The van der Waals surface area contributed by atoms with Gasteiger partial charge < -0.3 is 5.11 Å². The molecule has 2 saturated carbocycles. The van der Waals surface area contributed by atoms with E-state index in [2.05, 4.69) is 12.8 Å². The highest BCUT2D eigenvalue weighted by Gasteiger charge is 2.62. The van der Waals surface area contributed by atoms with Crippen molar-refractivity contribution in [3.05, 3.63) is 58.4 Å². The molecule has 5 rings (SSSR count). The first-order chi connectivity index (χ1) is 13.9. The van der Waals surface area contributed by atoms with Crippen LogP contribution in [0.25, 0.3) is 0 Å². The van der Waals surface area contributed by atoms with Crippen molar-refractivity contribution in [2.75, 3.05) is 0 Å². The number of allylic oxidation sites excluding steroid dienone is 4. The molecule has 5 atom stereocenters. The topological polar surface area (TPSA) is 37.3 Å². The molecule has 1 aromatic rings. The molecule has 0 aromatic heterocycles. The summed E-state index contributed by atoms with van der Waals surface area (Å²) in [5.74, 6) is 3.55. The van der Waals surface area contributed by atoms with Gasteiger partial charge in [-0.05, 0) is 85.3 Å². The minimum atomic E-state index is -1.09. The number of ketones is 1. The maximum absolute atomic E-state index is 13.6. The Kier molecular flexibility index (Phi) is 4.16. The molecule has 29 heavy (non-hydrogen) atoms. The molecule has 0 bridgehead atoms. The molecule has 4 aliphatic rings. The van der Waals surface area contributed by atoms with Gasteiger partial charge in [-0.1, -0.05) is 30.6 Å². The van der Waals surface area contributed by atoms with Gasteiger partial charge in [-0.3, -0.25) is 4.79 Å². The van der Waals surface area contributed by atoms with Crippen molar-refractivity contribution in [1.29, 1.82) is 0 Å². The van der Waals surface area contributed by atoms with Gasteiger partial charge in [0.05, 0.1) is 0 Å². The number of carbonyl (C=O) groups excluding carboxylic acids is 1. The molecule has 150 valence electrons. The van der Waals surface area contributed by atoms with E-state index in [4.69, 9.17) is 6.42 Å². The molecule has 4 aliphatic carbocycles. The van der Waals surface area contributed by atoms with E-state index in [-0.39, 0.29) is 22.9 Å². The van der Waals surface area contributed by atoms with Crippen LogP contribution in [0.4, 0.5) is 4.39 Å². The lowest BCUT2D eigenvalue weighted by Crippen LogP contribution is -2.50. The van der Waals surface area contributed by atoms with Crippen molar-refractivity contribution in [2.24, 2.45) is 17.3 Å². The maximum atomic E-state index is 13.6. The average molecular weight is 390 g/mol. The average Bonchev–Trinajstić information content (AvgIpc) is 2.99. The first-order valence-corrected chi connectivity index (χ1v) is 10.8. The van der Waals surface area contributed by atoms with Crippen molar-refractivity contribution in [2.45, 2.75) is 63.4 Å². The summed E-state index contributed by atoms with van der Waals surface area (Å²) in [6, 6.07) is 6.81. The number of rotatable bonds is 1. The Morgan fingerprint density at radius 1 is 1.17 bits per heavy atom. The first-order valence-electron chi connectivity index (χ1n) is 10.8. The van der Waals surface area contributed by atoms with Crippen LogP contribution in [0.1, 0.15) is 63.4 Å². The number of hydrogen-bond donors (Lipinski definition) is 1. The Labute approximate surface area is 171 Å². The summed E-state index contributed by atoms with van der Waals surface area (Å²) in [7, 11) is 0. The molecule has 1 aromatic carbocycles. The number of benzene rings is 1. The zero-order chi connectivity index (χ0) is 20.4. The van der Waals surface area contributed by atoms with Gasteiger partial charge >= 0.3 is 0 Å². The molecule has 3 heteroatoms. The third kappa shape index (κ3) is 2.62. The number of hydrogen-bond acceptors (Lipinski definition) is 2. The second kappa shape index (κ2) is 6.41. The van der Waals surface area contributed by atoms with Crippen LogP contribution in [0.5, 0.6) is 0 Å². The summed E-state index contributed by atoms with van der Waals surface area (Å²) in [5.41, 5.74) is 3.63. The highest BCUT2D eigenvalue weighted by atomic mass is 19.1. The van der Waals surface area contributed by atoms with E-state index in [9.17, 15) is 14.3 Å². The fourth-order valence-electron chi connectivity index (χ4n) is 6.90. The maximum Gasteiger partial charge on any atom is 0.156 e. The van der Waals surface area contributed by atoms with Gasteiger partial charge in [0.2, 0.25) is 0 Å². The Morgan fingerprint density at radius 3 is 2.66 bits per heavy atom. The van der Waals surface area contributed by atoms with Crippen LogP contribution in [-0.2, 0) is 4.79 Å². The molecular formula is C26H27FO2. The Morgan fingerprint density at radius 2 is 1.93 bits per heavy atom. The van der Waals surface area contributed by atoms with Gasteiger partial charge in [-0.15, -0.1) is 6.42 Å². The zero-order valence-corrected chi connectivity index (χ0v) is 16.9. The molecule has 0 aliphatic heterocycles. The molecule has 0 amide bonds. The number of terminal acetylenes is 1. The minimum Gasteiger partial charge on any atom is -0.377 e. The van der Waals surface area contributed by atoms with E-state index >= 15 is 0 Å². The predicted molar refractivity (Wildman–Crippen MR) is 110 cm³/mol. The van der Waals surface area contributed by atoms with Crippen molar-refractivity contribution in [3.8, 4) is 12.3 Å². The van der Waals surface area contributed by atoms with Crippen LogP contribution >= 0.6 is 0 Å². The summed E-state index contributed by atoms with van der Waals surface area (Å²) in [6.07, 6.45) is 13.3. The standard InChI is InChI=1S/C26H27FO2/c1-3-26(29)13-12-23-21-10-6-17-14-19(28)9-11-20(17)24(21)22(15-25(23,26)2)16-4-7-18(27)8-5-16/h1,4-5,7-8,14,21-23,29H,6,9-13,15H2,2H3/t21-,22+,23-,25+,26+/m0/s1. The fourth-order valence-corrected chi connectivity index (χ4v) is 6.90. The van der Waals surface area contributed by atoms with Crippen molar-refractivity contribution in [3.63, 3.8) is 0 Å². The number of aliphatic hydroxyl groups is 1. The molecule has 2 fully saturated rings.